The molecule has 0 bridgehead atoms. The Labute approximate surface area is 123 Å². The van der Waals surface area contributed by atoms with Gasteiger partial charge in [-0.1, -0.05) is 0 Å². The summed E-state index contributed by atoms with van der Waals surface area (Å²) in [6.45, 7) is 1.93. The van der Waals surface area contributed by atoms with Gasteiger partial charge in [-0.25, -0.2) is 4.98 Å². The molecule has 1 aromatic heterocycles. The molecule has 1 heterocycles. The standard InChI is InChI=1S/C13H16N2O2S.ClH/c1-8(14)13-15-10(7-18-13)9-4-5-11(16-2)12(6-9)17-3;/h4-8H,14H2,1-3H3;1H. The van der Waals surface area contributed by atoms with Gasteiger partial charge in [0, 0.05) is 10.9 Å². The number of thiazole rings is 1. The molecule has 4 nitrogen and oxygen atoms in total. The molecule has 0 fully saturated rings. The number of ether oxygens (including phenoxy) is 2. The molecular weight excluding hydrogens is 284 g/mol. The van der Waals surface area contributed by atoms with Gasteiger partial charge in [0.05, 0.1) is 26.0 Å². The van der Waals surface area contributed by atoms with Gasteiger partial charge >= 0.3 is 0 Å². The minimum absolute atomic E-state index is 0. The minimum Gasteiger partial charge on any atom is -0.493 e. The van der Waals surface area contributed by atoms with Crippen molar-refractivity contribution in [2.24, 2.45) is 5.73 Å². The third kappa shape index (κ3) is 3.37. The highest BCUT2D eigenvalue weighted by molar-refractivity contribution is 7.10. The second-order valence-electron chi connectivity index (χ2n) is 3.93. The van der Waals surface area contributed by atoms with E-state index in [-0.39, 0.29) is 18.4 Å². The van der Waals surface area contributed by atoms with E-state index >= 15 is 0 Å². The van der Waals surface area contributed by atoms with E-state index in [0.29, 0.717) is 11.5 Å². The largest absolute Gasteiger partial charge is 0.493 e. The summed E-state index contributed by atoms with van der Waals surface area (Å²) in [5.74, 6) is 1.41. The SMILES string of the molecule is COc1ccc(-c2csc(C(C)N)n2)cc1OC.Cl. The van der Waals surface area contributed by atoms with E-state index in [0.717, 1.165) is 16.3 Å². The Morgan fingerprint density at radius 3 is 2.42 bits per heavy atom. The van der Waals surface area contributed by atoms with Crippen molar-refractivity contribution in [3.8, 4) is 22.8 Å². The summed E-state index contributed by atoms with van der Waals surface area (Å²) in [4.78, 5) is 4.51. The Bertz CT molecular complexity index is 543. The molecular formula is C13H17ClN2O2S. The molecule has 0 radical (unpaired) electrons. The van der Waals surface area contributed by atoms with Crippen LogP contribution < -0.4 is 15.2 Å². The van der Waals surface area contributed by atoms with Gasteiger partial charge in [-0.2, -0.15) is 0 Å². The monoisotopic (exact) mass is 300 g/mol. The van der Waals surface area contributed by atoms with Crippen molar-refractivity contribution in [3.05, 3.63) is 28.6 Å². The number of methoxy groups -OCH3 is 2. The van der Waals surface area contributed by atoms with Crippen molar-refractivity contribution in [1.29, 1.82) is 0 Å². The maximum Gasteiger partial charge on any atom is 0.161 e. The maximum absolute atomic E-state index is 5.81. The van der Waals surface area contributed by atoms with Crippen molar-refractivity contribution in [2.75, 3.05) is 14.2 Å². The summed E-state index contributed by atoms with van der Waals surface area (Å²) in [6.07, 6.45) is 0. The van der Waals surface area contributed by atoms with E-state index in [1.807, 2.05) is 30.5 Å². The average molecular weight is 301 g/mol. The molecule has 1 aromatic carbocycles. The fraction of sp³-hybridized carbons (Fsp3) is 0.308. The minimum atomic E-state index is -0.0381. The molecule has 2 rings (SSSR count). The zero-order valence-corrected chi connectivity index (χ0v) is 12.7. The lowest BCUT2D eigenvalue weighted by atomic mass is 10.1. The summed E-state index contributed by atoms with van der Waals surface area (Å²) < 4.78 is 10.5. The first-order valence-electron chi connectivity index (χ1n) is 5.59. The normalized spacial score (nSPS) is 11.6. The smallest absolute Gasteiger partial charge is 0.161 e. The zero-order valence-electron chi connectivity index (χ0n) is 11.0. The number of hydrogen-bond acceptors (Lipinski definition) is 5. The van der Waals surface area contributed by atoms with Crippen LogP contribution in [0.25, 0.3) is 11.3 Å². The van der Waals surface area contributed by atoms with Crippen molar-refractivity contribution >= 4 is 23.7 Å². The van der Waals surface area contributed by atoms with Gasteiger partial charge in [0.2, 0.25) is 0 Å². The van der Waals surface area contributed by atoms with Crippen LogP contribution in [-0.2, 0) is 0 Å². The van der Waals surface area contributed by atoms with Gasteiger partial charge in [-0.05, 0) is 25.1 Å². The quantitative estimate of drug-likeness (QED) is 0.941. The van der Waals surface area contributed by atoms with Crippen LogP contribution >= 0.6 is 23.7 Å². The van der Waals surface area contributed by atoms with Gasteiger partial charge in [0.15, 0.2) is 11.5 Å². The van der Waals surface area contributed by atoms with Crippen molar-refractivity contribution in [3.63, 3.8) is 0 Å². The third-order valence-electron chi connectivity index (χ3n) is 2.59. The Hall–Kier alpha value is -1.30. The number of halogens is 1. The van der Waals surface area contributed by atoms with Crippen LogP contribution in [0.4, 0.5) is 0 Å². The Morgan fingerprint density at radius 2 is 1.89 bits per heavy atom. The molecule has 1 unspecified atom stereocenters. The highest BCUT2D eigenvalue weighted by Crippen LogP contribution is 2.33. The highest BCUT2D eigenvalue weighted by atomic mass is 35.5. The van der Waals surface area contributed by atoms with E-state index in [1.165, 1.54) is 0 Å². The predicted molar refractivity (Wildman–Crippen MR) is 80.5 cm³/mol. The predicted octanol–water partition coefficient (Wildman–Crippen LogP) is 3.27. The summed E-state index contributed by atoms with van der Waals surface area (Å²) in [5, 5.41) is 2.93. The number of hydrogen-bond donors (Lipinski definition) is 1. The lowest BCUT2D eigenvalue weighted by Crippen LogP contribution is -2.03. The summed E-state index contributed by atoms with van der Waals surface area (Å²) >= 11 is 1.57. The van der Waals surface area contributed by atoms with Crippen LogP contribution in [0.5, 0.6) is 11.5 Å². The molecule has 0 saturated carbocycles. The van der Waals surface area contributed by atoms with Crippen molar-refractivity contribution in [1.82, 2.24) is 4.98 Å². The Kier molecular flexibility index (Phi) is 5.60. The van der Waals surface area contributed by atoms with E-state index in [1.54, 1.807) is 25.6 Å². The second-order valence-corrected chi connectivity index (χ2v) is 4.82. The third-order valence-corrected chi connectivity index (χ3v) is 3.64. The van der Waals surface area contributed by atoms with Gasteiger partial charge in [0.1, 0.15) is 5.01 Å². The number of aromatic nitrogens is 1. The molecule has 104 valence electrons. The molecule has 1 atom stereocenters. The van der Waals surface area contributed by atoms with E-state index < -0.39 is 0 Å². The molecule has 0 spiro atoms. The molecule has 0 aliphatic heterocycles. The number of nitrogens with two attached hydrogens (primary N) is 1. The summed E-state index contributed by atoms with van der Waals surface area (Å²) in [6, 6.07) is 5.71. The highest BCUT2D eigenvalue weighted by Gasteiger charge is 2.10. The van der Waals surface area contributed by atoms with E-state index in [9.17, 15) is 0 Å². The number of benzene rings is 1. The van der Waals surface area contributed by atoms with Crippen LogP contribution in [0.2, 0.25) is 0 Å². The molecule has 6 heteroatoms. The molecule has 2 N–H and O–H groups in total. The first kappa shape index (κ1) is 15.8. The topological polar surface area (TPSA) is 57.4 Å². The first-order chi connectivity index (χ1) is 8.65. The zero-order chi connectivity index (χ0) is 13.1. The molecule has 0 aliphatic rings. The second kappa shape index (κ2) is 6.75. The van der Waals surface area contributed by atoms with Crippen LogP contribution in [0, 0.1) is 0 Å². The fourth-order valence-electron chi connectivity index (χ4n) is 1.62. The van der Waals surface area contributed by atoms with Crippen LogP contribution in [0.15, 0.2) is 23.6 Å². The summed E-state index contributed by atoms with van der Waals surface area (Å²) in [7, 11) is 3.24. The van der Waals surface area contributed by atoms with Crippen LogP contribution in [0.1, 0.15) is 18.0 Å². The number of nitrogens with zero attached hydrogens (tertiary/aromatic N) is 1. The van der Waals surface area contributed by atoms with Gasteiger partial charge in [-0.15, -0.1) is 23.7 Å². The average Bonchev–Trinajstić information content (AvgIpc) is 2.87. The molecule has 19 heavy (non-hydrogen) atoms. The Morgan fingerprint density at radius 1 is 1.21 bits per heavy atom. The summed E-state index contributed by atoms with van der Waals surface area (Å²) in [5.41, 5.74) is 7.72. The van der Waals surface area contributed by atoms with Gasteiger partial charge < -0.3 is 15.2 Å². The molecule has 0 saturated heterocycles. The first-order valence-corrected chi connectivity index (χ1v) is 6.47. The fourth-order valence-corrected chi connectivity index (χ4v) is 2.41. The Balaban J connectivity index is 0.00000180. The maximum atomic E-state index is 5.81. The lowest BCUT2D eigenvalue weighted by molar-refractivity contribution is 0.355. The van der Waals surface area contributed by atoms with Crippen LogP contribution in [-0.4, -0.2) is 19.2 Å². The van der Waals surface area contributed by atoms with Crippen LogP contribution in [0.3, 0.4) is 0 Å². The van der Waals surface area contributed by atoms with E-state index in [2.05, 4.69) is 4.98 Å². The van der Waals surface area contributed by atoms with E-state index in [4.69, 9.17) is 15.2 Å². The van der Waals surface area contributed by atoms with Gasteiger partial charge in [0.25, 0.3) is 0 Å². The molecule has 0 aliphatic carbocycles. The lowest BCUT2D eigenvalue weighted by Gasteiger charge is -2.08. The molecule has 2 aromatic rings. The van der Waals surface area contributed by atoms with Crippen molar-refractivity contribution in [2.45, 2.75) is 13.0 Å². The number of rotatable bonds is 4. The van der Waals surface area contributed by atoms with Gasteiger partial charge in [-0.3, -0.25) is 0 Å². The molecule has 0 amide bonds. The van der Waals surface area contributed by atoms with Crippen molar-refractivity contribution < 1.29 is 9.47 Å².